The number of hydrogen-bond donors (Lipinski definition) is 0. The van der Waals surface area contributed by atoms with E-state index in [1.54, 1.807) is 0 Å². The minimum absolute atomic E-state index is 0.102. The molecule has 1 aliphatic rings. The Morgan fingerprint density at radius 3 is 1.23 bits per heavy atom. The van der Waals surface area contributed by atoms with Gasteiger partial charge >= 0.3 is 17.2 Å². The molecule has 62 heavy (non-hydrogen) atoms. The molecule has 0 N–H and O–H groups in total. The molecule has 8 heteroatoms. The minimum Gasteiger partial charge on any atom is -0.417 e. The molecule has 0 aromatic heterocycles. The van der Waals surface area contributed by atoms with Crippen molar-refractivity contribution in [3.8, 4) is 39.9 Å². The molecule has 0 aliphatic heterocycles. The molecule has 0 bridgehead atoms. The Morgan fingerprint density at radius 1 is 0.468 bits per heavy atom. The molecule has 0 saturated carbocycles. The lowest BCUT2D eigenvalue weighted by Crippen LogP contribution is -2.21. The van der Waals surface area contributed by atoms with Crippen LogP contribution >= 0.6 is 17.2 Å². The van der Waals surface area contributed by atoms with Crippen LogP contribution < -0.4 is 22.6 Å². The predicted octanol–water partition coefficient (Wildman–Crippen LogP) is 16.7. The highest BCUT2D eigenvalue weighted by Gasteiger charge is 2.34. The lowest BCUT2D eigenvalue weighted by atomic mass is 9.84. The third-order valence-corrected chi connectivity index (χ3v) is 13.9. The molecule has 0 amide bonds. The van der Waals surface area contributed by atoms with Crippen molar-refractivity contribution in [2.24, 2.45) is 5.92 Å². The number of benzene rings is 5. The van der Waals surface area contributed by atoms with Crippen molar-refractivity contribution in [2.45, 2.75) is 129 Å². The first-order valence-electron chi connectivity index (χ1n) is 21.8. The van der Waals surface area contributed by atoms with Gasteiger partial charge in [-0.25, -0.2) is 0 Å². The van der Waals surface area contributed by atoms with Crippen LogP contribution in [0.4, 0.5) is 0 Å². The molecule has 3 unspecified atom stereocenters. The first-order valence-corrected chi connectivity index (χ1v) is 24.0. The monoisotopic (exact) mass is 872 g/mol. The summed E-state index contributed by atoms with van der Waals surface area (Å²) in [5.74, 6) is 3.92. The fraction of sp³-hybridized carbons (Fsp3) is 0.370. The molecule has 328 valence electrons. The molecule has 0 spiro atoms. The van der Waals surface area contributed by atoms with Crippen molar-refractivity contribution in [3.63, 3.8) is 0 Å². The Morgan fingerprint density at radius 2 is 0.855 bits per heavy atom. The average Bonchev–Trinajstić information content (AvgIpc) is 3.19. The Hall–Kier alpha value is -4.60. The second-order valence-electron chi connectivity index (χ2n) is 17.9. The fourth-order valence-corrected chi connectivity index (χ4v) is 10.4. The number of rotatable bonds is 15. The van der Waals surface area contributed by atoms with Crippen LogP contribution in [0.1, 0.15) is 120 Å². The summed E-state index contributed by atoms with van der Waals surface area (Å²) in [5, 5.41) is 0. The predicted molar refractivity (Wildman–Crippen MR) is 261 cm³/mol. The van der Waals surface area contributed by atoms with Gasteiger partial charge in [0.2, 0.25) is 0 Å². The van der Waals surface area contributed by atoms with E-state index in [9.17, 15) is 0 Å². The average molecular weight is 873 g/mol. The molecule has 1 aliphatic carbocycles. The highest BCUT2D eigenvalue weighted by atomic mass is 31.2. The van der Waals surface area contributed by atoms with Gasteiger partial charge in [0, 0.05) is 17.0 Å². The van der Waals surface area contributed by atoms with Crippen LogP contribution in [-0.4, -0.2) is 6.10 Å². The van der Waals surface area contributed by atoms with E-state index < -0.39 is 17.2 Å². The van der Waals surface area contributed by atoms with Crippen LogP contribution in [0, 0.1) is 75.2 Å². The molecular weight excluding hydrogens is 807 g/mol. The van der Waals surface area contributed by atoms with Crippen molar-refractivity contribution in [1.29, 1.82) is 0 Å². The van der Waals surface area contributed by atoms with E-state index in [0.717, 1.165) is 89.4 Å². The van der Waals surface area contributed by atoms with Crippen LogP contribution in [-0.2, 0) is 4.52 Å². The van der Waals surface area contributed by atoms with E-state index in [-0.39, 0.29) is 23.9 Å². The Balaban J connectivity index is 1.58. The molecule has 6 rings (SSSR count). The SMILES string of the molecule is CC1=CC(C)C(OP(Oc2ccc(C)cc2C)Oc2c(C(C)C)cc(C)c(C)c2-c2c(C)c(C)cc(C(C)C)c2OP(Oc2ccc(C)cc2C)Oc2ccc(C)cc2C)C=C1. The largest absolute Gasteiger partial charge is 0.530 e. The van der Waals surface area contributed by atoms with Gasteiger partial charge in [-0.3, -0.25) is 4.52 Å². The summed E-state index contributed by atoms with van der Waals surface area (Å²) >= 11 is 0. The molecule has 3 atom stereocenters. The van der Waals surface area contributed by atoms with Crippen molar-refractivity contribution >= 4 is 17.2 Å². The molecule has 0 heterocycles. The zero-order valence-corrected chi connectivity index (χ0v) is 41.5. The molecule has 6 nitrogen and oxygen atoms in total. The van der Waals surface area contributed by atoms with E-state index in [2.05, 4.69) is 178 Å². The summed E-state index contributed by atoms with van der Waals surface area (Å²) in [5.41, 5.74) is 16.2. The summed E-state index contributed by atoms with van der Waals surface area (Å²) in [7, 11) is -4.02. The third-order valence-electron chi connectivity index (χ3n) is 11.8. The lowest BCUT2D eigenvalue weighted by Gasteiger charge is -2.30. The van der Waals surface area contributed by atoms with Gasteiger partial charge in [0.05, 0.1) is 6.10 Å². The van der Waals surface area contributed by atoms with Crippen LogP contribution in [0.25, 0.3) is 11.1 Å². The van der Waals surface area contributed by atoms with Crippen molar-refractivity contribution in [2.75, 3.05) is 0 Å². The highest BCUT2D eigenvalue weighted by molar-refractivity contribution is 7.43. The van der Waals surface area contributed by atoms with E-state index in [1.165, 1.54) is 5.57 Å². The third kappa shape index (κ3) is 10.8. The number of allylic oxidation sites excluding steroid dienone is 2. The summed E-state index contributed by atoms with van der Waals surface area (Å²) in [4.78, 5) is 0. The quantitative estimate of drug-likeness (QED) is 0.0977. The van der Waals surface area contributed by atoms with Crippen molar-refractivity contribution in [3.05, 3.63) is 157 Å². The fourth-order valence-electron chi connectivity index (χ4n) is 7.92. The van der Waals surface area contributed by atoms with Crippen LogP contribution in [0.5, 0.6) is 28.7 Å². The Labute approximate surface area is 374 Å². The van der Waals surface area contributed by atoms with Crippen LogP contribution in [0.2, 0.25) is 0 Å². The second-order valence-corrected chi connectivity index (χ2v) is 20.0. The zero-order chi connectivity index (χ0) is 45.2. The van der Waals surface area contributed by atoms with Gasteiger partial charge in [0.15, 0.2) is 0 Å². The van der Waals surface area contributed by atoms with Gasteiger partial charge < -0.3 is 22.6 Å². The highest BCUT2D eigenvalue weighted by Crippen LogP contribution is 2.56. The van der Waals surface area contributed by atoms with Crippen LogP contribution in [0.3, 0.4) is 0 Å². The lowest BCUT2D eigenvalue weighted by molar-refractivity contribution is 0.183. The smallest absolute Gasteiger partial charge is 0.417 e. The van der Waals surface area contributed by atoms with E-state index in [4.69, 9.17) is 27.1 Å². The Kier molecular flexibility index (Phi) is 15.0. The maximum absolute atomic E-state index is 7.35. The maximum atomic E-state index is 7.35. The summed E-state index contributed by atoms with van der Waals surface area (Å²) < 4.78 is 42.1. The van der Waals surface area contributed by atoms with Crippen LogP contribution in [0.15, 0.2) is 90.5 Å². The minimum atomic E-state index is -2.03. The number of hydrogen-bond acceptors (Lipinski definition) is 6. The molecule has 0 saturated heterocycles. The molecule has 5 aromatic carbocycles. The summed E-state index contributed by atoms with van der Waals surface area (Å²) in [6.07, 6.45) is 6.23. The molecular formula is C54H66O6P2. The molecule has 0 fully saturated rings. The normalized spacial score (nSPS) is 15.6. The first-order chi connectivity index (χ1) is 29.3. The summed E-state index contributed by atoms with van der Waals surface area (Å²) in [6, 6.07) is 23.1. The van der Waals surface area contributed by atoms with Gasteiger partial charge in [-0.2, -0.15) is 0 Å². The standard InChI is InChI=1S/C54H66O6P2/c1-31(2)45-29-37(9)43(15)51(53(45)59-61(55-47-21-17-33(5)25-39(47)11)56-48-22-18-34(6)26-40(48)12)52-44(16)38(10)30-46(32(3)4)54(52)60-62(57-49-23-19-35(7)27-41(49)13)58-50-24-20-36(8)28-42(50)14/h17-32,39,47H,1-16H3. The zero-order valence-electron chi connectivity index (χ0n) is 39.7. The van der Waals surface area contributed by atoms with Gasteiger partial charge in [0.1, 0.15) is 28.7 Å². The van der Waals surface area contributed by atoms with E-state index >= 15 is 0 Å². The van der Waals surface area contributed by atoms with Crippen molar-refractivity contribution in [1.82, 2.24) is 0 Å². The first kappa shape index (κ1) is 46.9. The van der Waals surface area contributed by atoms with Gasteiger partial charge in [0.25, 0.3) is 0 Å². The molecule has 0 radical (unpaired) electrons. The number of aryl methyl sites for hydroxylation is 8. The van der Waals surface area contributed by atoms with Gasteiger partial charge in [-0.1, -0.05) is 124 Å². The van der Waals surface area contributed by atoms with E-state index in [0.29, 0.717) is 17.2 Å². The van der Waals surface area contributed by atoms with Crippen molar-refractivity contribution < 1.29 is 27.1 Å². The Bertz CT molecular complexity index is 2440. The van der Waals surface area contributed by atoms with E-state index in [1.807, 2.05) is 18.2 Å². The van der Waals surface area contributed by atoms with Gasteiger partial charge in [-0.05, 0) is 156 Å². The molecule has 5 aromatic rings. The topological polar surface area (TPSA) is 55.4 Å². The van der Waals surface area contributed by atoms with Gasteiger partial charge in [-0.15, -0.1) is 0 Å². The maximum Gasteiger partial charge on any atom is 0.530 e. The summed E-state index contributed by atoms with van der Waals surface area (Å²) in [6.45, 7) is 34.3. The second kappa shape index (κ2) is 19.8.